The average molecular weight is 323 g/mol. The molecule has 0 bridgehead atoms. The molecule has 1 heteroatoms. The lowest BCUT2D eigenvalue weighted by Gasteiger charge is -2.19. The molecular weight excluding hydrogens is 296 g/mol. The van der Waals surface area contributed by atoms with Crippen LogP contribution in [0.2, 0.25) is 0 Å². The van der Waals surface area contributed by atoms with Crippen molar-refractivity contribution in [2.24, 2.45) is 0 Å². The fraction of sp³-hybridized carbons (Fsp3) is 0.364. The van der Waals surface area contributed by atoms with E-state index in [9.17, 15) is 0 Å². The molecular formula is C22H26S. The fourth-order valence-electron chi connectivity index (χ4n) is 2.87. The van der Waals surface area contributed by atoms with E-state index in [0.29, 0.717) is 0 Å². The second-order valence-electron chi connectivity index (χ2n) is 8.44. The van der Waals surface area contributed by atoms with Gasteiger partial charge in [0, 0.05) is 15.6 Å². The first-order valence-electron chi connectivity index (χ1n) is 8.29. The van der Waals surface area contributed by atoms with Gasteiger partial charge in [0.25, 0.3) is 0 Å². The van der Waals surface area contributed by atoms with Crippen molar-refractivity contribution in [3.8, 4) is 11.1 Å². The molecule has 0 saturated carbocycles. The van der Waals surface area contributed by atoms with E-state index in [4.69, 9.17) is 0 Å². The summed E-state index contributed by atoms with van der Waals surface area (Å²) in [5.74, 6) is 0. The zero-order chi connectivity index (χ0) is 16.8. The summed E-state index contributed by atoms with van der Waals surface area (Å²) >= 11 is 1.85. The monoisotopic (exact) mass is 322 g/mol. The summed E-state index contributed by atoms with van der Waals surface area (Å²) in [7, 11) is 0. The molecule has 0 amide bonds. The zero-order valence-corrected chi connectivity index (χ0v) is 15.8. The Morgan fingerprint density at radius 3 is 1.83 bits per heavy atom. The van der Waals surface area contributed by atoms with Gasteiger partial charge in [-0.1, -0.05) is 77.9 Å². The SMILES string of the molecule is CC(C)(C)c1ccc(-c2csc3cc(C(C)(C)C)ccc23)cc1. The van der Waals surface area contributed by atoms with Crippen LogP contribution in [0.4, 0.5) is 0 Å². The summed E-state index contributed by atoms with van der Waals surface area (Å²) in [5.41, 5.74) is 5.86. The molecule has 0 atom stereocenters. The molecule has 0 aliphatic rings. The predicted octanol–water partition coefficient (Wildman–Crippen LogP) is 7.16. The molecule has 0 aliphatic heterocycles. The normalized spacial score (nSPS) is 12.8. The Hall–Kier alpha value is -1.60. The molecule has 2 aromatic carbocycles. The first-order chi connectivity index (χ1) is 10.7. The van der Waals surface area contributed by atoms with Crippen LogP contribution in [-0.2, 0) is 10.8 Å². The van der Waals surface area contributed by atoms with Crippen molar-refractivity contribution in [1.29, 1.82) is 0 Å². The molecule has 23 heavy (non-hydrogen) atoms. The van der Waals surface area contributed by atoms with Gasteiger partial charge in [0.2, 0.25) is 0 Å². The van der Waals surface area contributed by atoms with Crippen molar-refractivity contribution < 1.29 is 0 Å². The third-order valence-electron chi connectivity index (χ3n) is 4.50. The van der Waals surface area contributed by atoms with E-state index in [1.165, 1.54) is 32.3 Å². The Morgan fingerprint density at radius 1 is 0.696 bits per heavy atom. The van der Waals surface area contributed by atoms with E-state index in [-0.39, 0.29) is 10.8 Å². The lowest BCUT2D eigenvalue weighted by Crippen LogP contribution is -2.10. The van der Waals surface area contributed by atoms with Crippen LogP contribution >= 0.6 is 11.3 Å². The summed E-state index contributed by atoms with van der Waals surface area (Å²) < 4.78 is 1.38. The predicted molar refractivity (Wildman–Crippen MR) is 105 cm³/mol. The van der Waals surface area contributed by atoms with Crippen molar-refractivity contribution in [3.05, 3.63) is 59.0 Å². The van der Waals surface area contributed by atoms with E-state index >= 15 is 0 Å². The summed E-state index contributed by atoms with van der Waals surface area (Å²) in [4.78, 5) is 0. The van der Waals surface area contributed by atoms with Gasteiger partial charge in [-0.25, -0.2) is 0 Å². The standard InChI is InChI=1S/C22H26S/c1-21(2,3)16-9-7-15(8-10-16)19-14-23-20-13-17(22(4,5)6)11-12-18(19)20/h7-14H,1-6H3. The smallest absolute Gasteiger partial charge is 0.0352 e. The maximum Gasteiger partial charge on any atom is 0.0352 e. The topological polar surface area (TPSA) is 0 Å². The summed E-state index contributed by atoms with van der Waals surface area (Å²) in [6.45, 7) is 13.6. The van der Waals surface area contributed by atoms with Crippen LogP contribution in [-0.4, -0.2) is 0 Å². The first kappa shape index (κ1) is 16.3. The Bertz CT molecular complexity index is 821. The van der Waals surface area contributed by atoms with Crippen molar-refractivity contribution in [3.63, 3.8) is 0 Å². The minimum Gasteiger partial charge on any atom is -0.143 e. The molecule has 0 saturated heterocycles. The Labute approximate surface area is 144 Å². The van der Waals surface area contributed by atoms with Crippen molar-refractivity contribution >= 4 is 21.4 Å². The van der Waals surface area contributed by atoms with Crippen LogP contribution in [0.25, 0.3) is 21.2 Å². The van der Waals surface area contributed by atoms with E-state index in [1.807, 2.05) is 11.3 Å². The highest BCUT2D eigenvalue weighted by Crippen LogP contribution is 2.37. The maximum absolute atomic E-state index is 2.35. The fourth-order valence-corrected chi connectivity index (χ4v) is 3.88. The molecule has 0 N–H and O–H groups in total. The quantitative estimate of drug-likeness (QED) is 0.445. The van der Waals surface area contributed by atoms with Gasteiger partial charge in [0.05, 0.1) is 0 Å². The van der Waals surface area contributed by atoms with E-state index in [1.54, 1.807) is 0 Å². The molecule has 0 nitrogen and oxygen atoms in total. The number of hydrogen-bond acceptors (Lipinski definition) is 1. The van der Waals surface area contributed by atoms with Crippen LogP contribution in [0.5, 0.6) is 0 Å². The van der Waals surface area contributed by atoms with Gasteiger partial charge in [-0.3, -0.25) is 0 Å². The zero-order valence-electron chi connectivity index (χ0n) is 15.0. The number of hydrogen-bond donors (Lipinski definition) is 0. The van der Waals surface area contributed by atoms with Gasteiger partial charge >= 0.3 is 0 Å². The minimum atomic E-state index is 0.201. The Morgan fingerprint density at radius 2 is 1.26 bits per heavy atom. The Balaban J connectivity index is 2.04. The highest BCUT2D eigenvalue weighted by Gasteiger charge is 2.16. The Kier molecular flexibility index (Phi) is 3.88. The van der Waals surface area contributed by atoms with Crippen molar-refractivity contribution in [2.75, 3.05) is 0 Å². The third kappa shape index (κ3) is 3.21. The summed E-state index contributed by atoms with van der Waals surface area (Å²) in [5, 5.41) is 3.66. The molecule has 3 aromatic rings. The molecule has 0 fully saturated rings. The molecule has 1 aromatic heterocycles. The van der Waals surface area contributed by atoms with E-state index in [0.717, 1.165) is 0 Å². The molecule has 0 spiro atoms. The molecule has 0 unspecified atom stereocenters. The van der Waals surface area contributed by atoms with Gasteiger partial charge in [-0.15, -0.1) is 11.3 Å². The molecule has 120 valence electrons. The minimum absolute atomic E-state index is 0.201. The molecule has 1 heterocycles. The number of fused-ring (bicyclic) bond motifs is 1. The van der Waals surface area contributed by atoms with Gasteiger partial charge in [0.1, 0.15) is 0 Å². The van der Waals surface area contributed by atoms with Crippen molar-refractivity contribution in [2.45, 2.75) is 52.4 Å². The van der Waals surface area contributed by atoms with Gasteiger partial charge in [-0.2, -0.15) is 0 Å². The van der Waals surface area contributed by atoms with Crippen LogP contribution in [0.3, 0.4) is 0 Å². The largest absolute Gasteiger partial charge is 0.143 e. The maximum atomic E-state index is 2.35. The summed E-state index contributed by atoms with van der Waals surface area (Å²) in [6, 6.07) is 16.0. The highest BCUT2D eigenvalue weighted by atomic mass is 32.1. The van der Waals surface area contributed by atoms with E-state index < -0.39 is 0 Å². The summed E-state index contributed by atoms with van der Waals surface area (Å²) in [6.07, 6.45) is 0. The van der Waals surface area contributed by atoms with Crippen LogP contribution < -0.4 is 0 Å². The lowest BCUT2D eigenvalue weighted by molar-refractivity contribution is 0.590. The van der Waals surface area contributed by atoms with Crippen LogP contribution in [0.15, 0.2) is 47.8 Å². The van der Waals surface area contributed by atoms with Crippen LogP contribution in [0.1, 0.15) is 52.7 Å². The van der Waals surface area contributed by atoms with E-state index in [2.05, 4.69) is 89.4 Å². The first-order valence-corrected chi connectivity index (χ1v) is 9.17. The molecule has 0 aliphatic carbocycles. The average Bonchev–Trinajstić information content (AvgIpc) is 2.88. The second-order valence-corrected chi connectivity index (χ2v) is 9.35. The van der Waals surface area contributed by atoms with Gasteiger partial charge < -0.3 is 0 Å². The highest BCUT2D eigenvalue weighted by molar-refractivity contribution is 7.17. The lowest BCUT2D eigenvalue weighted by atomic mass is 9.85. The number of benzene rings is 2. The van der Waals surface area contributed by atoms with Gasteiger partial charge in [0.15, 0.2) is 0 Å². The third-order valence-corrected chi connectivity index (χ3v) is 5.45. The van der Waals surface area contributed by atoms with Gasteiger partial charge in [-0.05, 0) is 39.0 Å². The van der Waals surface area contributed by atoms with Crippen molar-refractivity contribution in [1.82, 2.24) is 0 Å². The molecule has 0 radical (unpaired) electrons. The number of rotatable bonds is 1. The second kappa shape index (κ2) is 5.49. The number of thiophene rings is 1. The van der Waals surface area contributed by atoms with Crippen LogP contribution in [0, 0.1) is 0 Å². The molecule has 3 rings (SSSR count).